The predicted molar refractivity (Wildman–Crippen MR) is 50.5 cm³/mol. The Morgan fingerprint density at radius 3 is 2.64 bits per heavy atom. The second-order valence-electron chi connectivity index (χ2n) is 3.71. The maximum absolute atomic E-state index is 10.8. The van der Waals surface area contributed by atoms with Crippen molar-refractivity contribution in [3.05, 3.63) is 0 Å². The number of hydrogen-bond donors (Lipinski definition) is 1. The molecule has 0 heterocycles. The number of rotatable bonds is 4. The van der Waals surface area contributed by atoms with E-state index in [-0.39, 0.29) is 0 Å². The van der Waals surface area contributed by atoms with Crippen molar-refractivity contribution in [3.8, 4) is 0 Å². The van der Waals surface area contributed by atoms with Gasteiger partial charge in [0.2, 0.25) is 0 Å². The first-order chi connectivity index (χ1) is 6.74. The normalized spacial score (nSPS) is 20.4. The van der Waals surface area contributed by atoms with Crippen LogP contribution < -0.4 is 0 Å². The molecule has 1 saturated carbocycles. The smallest absolute Gasteiger partial charge is 0.363 e. The first-order valence-electron chi connectivity index (χ1n) is 5.11. The number of esters is 1. The van der Waals surface area contributed by atoms with Crippen LogP contribution in [0.3, 0.4) is 0 Å². The van der Waals surface area contributed by atoms with Crippen LogP contribution >= 0.6 is 0 Å². The lowest BCUT2D eigenvalue weighted by molar-refractivity contribution is -0.182. The molecule has 1 rings (SSSR count). The molecule has 0 aromatic rings. The number of hydrogen-bond acceptors (Lipinski definition) is 4. The Balaban J connectivity index is 2.15. The fraction of sp³-hybridized carbons (Fsp3) is 0.900. The van der Waals surface area contributed by atoms with Gasteiger partial charge >= 0.3 is 5.97 Å². The van der Waals surface area contributed by atoms with Gasteiger partial charge in [-0.25, -0.2) is 4.79 Å². The molecule has 14 heavy (non-hydrogen) atoms. The Bertz CT molecular complexity index is 175. The maximum Gasteiger partial charge on any atom is 0.363 e. The second-order valence-corrected chi connectivity index (χ2v) is 3.71. The summed E-state index contributed by atoms with van der Waals surface area (Å²) < 4.78 is 9.35. The molecule has 1 aliphatic carbocycles. The highest BCUT2D eigenvalue weighted by atomic mass is 16.6. The van der Waals surface area contributed by atoms with Crippen LogP contribution in [0.4, 0.5) is 0 Å². The lowest BCUT2D eigenvalue weighted by Crippen LogP contribution is -2.28. The van der Waals surface area contributed by atoms with E-state index in [2.05, 4.69) is 4.74 Å². The highest BCUT2D eigenvalue weighted by Crippen LogP contribution is 2.23. The summed E-state index contributed by atoms with van der Waals surface area (Å²) in [5, 5.41) is 9.15. The fourth-order valence-electron chi connectivity index (χ4n) is 1.75. The zero-order chi connectivity index (χ0) is 10.4. The molecule has 0 aliphatic heterocycles. The van der Waals surface area contributed by atoms with Gasteiger partial charge in [0.15, 0.2) is 0 Å². The van der Waals surface area contributed by atoms with Gasteiger partial charge in [-0.1, -0.05) is 19.3 Å². The summed E-state index contributed by atoms with van der Waals surface area (Å²) >= 11 is 0. The predicted octanol–water partition coefficient (Wildman–Crippen LogP) is 1.07. The standard InChI is InChI=1S/C10H18O4/c1-13-9(11)10(12)14-7-8-5-3-2-4-6-8/h8,10,12H,2-7H2,1H3/t10-/m1/s1. The average Bonchev–Trinajstić information content (AvgIpc) is 2.26. The van der Waals surface area contributed by atoms with E-state index < -0.39 is 12.3 Å². The molecule has 1 fully saturated rings. The van der Waals surface area contributed by atoms with E-state index in [1.807, 2.05) is 0 Å². The van der Waals surface area contributed by atoms with Gasteiger partial charge in [0.05, 0.1) is 13.7 Å². The van der Waals surface area contributed by atoms with Gasteiger partial charge in [-0.15, -0.1) is 0 Å². The summed E-state index contributed by atoms with van der Waals surface area (Å²) in [6.07, 6.45) is 4.59. The van der Waals surface area contributed by atoms with Crippen molar-refractivity contribution in [1.82, 2.24) is 0 Å². The highest BCUT2D eigenvalue weighted by molar-refractivity contribution is 5.72. The van der Waals surface area contributed by atoms with E-state index in [0.29, 0.717) is 12.5 Å². The van der Waals surface area contributed by atoms with E-state index in [9.17, 15) is 4.79 Å². The van der Waals surface area contributed by atoms with Crippen LogP contribution in [0.15, 0.2) is 0 Å². The largest absolute Gasteiger partial charge is 0.465 e. The van der Waals surface area contributed by atoms with Gasteiger partial charge in [0.25, 0.3) is 6.29 Å². The SMILES string of the molecule is COC(=O)[C@H](O)OCC1CCCCC1. The lowest BCUT2D eigenvalue weighted by atomic mass is 9.90. The van der Waals surface area contributed by atoms with E-state index in [4.69, 9.17) is 9.84 Å². The molecule has 0 aromatic carbocycles. The van der Waals surface area contributed by atoms with E-state index >= 15 is 0 Å². The first-order valence-corrected chi connectivity index (χ1v) is 5.11. The van der Waals surface area contributed by atoms with Gasteiger partial charge in [0.1, 0.15) is 0 Å². The molecular weight excluding hydrogens is 184 g/mol. The van der Waals surface area contributed by atoms with E-state index in [1.54, 1.807) is 0 Å². The summed E-state index contributed by atoms with van der Waals surface area (Å²) in [6, 6.07) is 0. The van der Waals surface area contributed by atoms with Gasteiger partial charge in [-0.3, -0.25) is 0 Å². The molecule has 0 radical (unpaired) electrons. The molecule has 4 nitrogen and oxygen atoms in total. The Kier molecular flexibility index (Phi) is 4.90. The van der Waals surface area contributed by atoms with Gasteiger partial charge in [-0.05, 0) is 18.8 Å². The molecule has 0 amide bonds. The van der Waals surface area contributed by atoms with Crippen molar-refractivity contribution in [2.45, 2.75) is 38.4 Å². The summed E-state index contributed by atoms with van der Waals surface area (Å²) in [5.74, 6) is -0.233. The minimum absolute atomic E-state index is 0.455. The Labute approximate surface area is 84.2 Å². The Morgan fingerprint density at radius 1 is 1.43 bits per heavy atom. The van der Waals surface area contributed by atoms with Crippen molar-refractivity contribution >= 4 is 5.97 Å². The van der Waals surface area contributed by atoms with E-state index in [1.165, 1.54) is 26.4 Å². The third kappa shape index (κ3) is 3.64. The summed E-state index contributed by atoms with van der Waals surface area (Å²) in [7, 11) is 1.23. The van der Waals surface area contributed by atoms with Crippen molar-refractivity contribution in [1.29, 1.82) is 0 Å². The van der Waals surface area contributed by atoms with Gasteiger partial charge in [-0.2, -0.15) is 0 Å². The highest BCUT2D eigenvalue weighted by Gasteiger charge is 2.19. The van der Waals surface area contributed by atoms with Crippen LogP contribution in [0.2, 0.25) is 0 Å². The van der Waals surface area contributed by atoms with Crippen LogP contribution in [0.1, 0.15) is 32.1 Å². The van der Waals surface area contributed by atoms with Crippen LogP contribution in [0.5, 0.6) is 0 Å². The third-order valence-corrected chi connectivity index (χ3v) is 2.62. The zero-order valence-electron chi connectivity index (χ0n) is 8.57. The van der Waals surface area contributed by atoms with Crippen LogP contribution in [0.25, 0.3) is 0 Å². The Hall–Kier alpha value is -0.610. The molecule has 0 spiro atoms. The molecule has 0 bridgehead atoms. The first kappa shape index (κ1) is 11.5. The molecule has 0 aromatic heterocycles. The quantitative estimate of drug-likeness (QED) is 0.547. The third-order valence-electron chi connectivity index (χ3n) is 2.62. The van der Waals surface area contributed by atoms with Crippen molar-refractivity contribution in [2.24, 2.45) is 5.92 Å². The summed E-state index contributed by atoms with van der Waals surface area (Å²) in [5.41, 5.74) is 0. The number of methoxy groups -OCH3 is 1. The number of aliphatic hydroxyl groups excluding tert-OH is 1. The minimum Gasteiger partial charge on any atom is -0.465 e. The van der Waals surface area contributed by atoms with Crippen LogP contribution in [-0.4, -0.2) is 31.1 Å². The molecule has 0 saturated heterocycles. The summed E-state index contributed by atoms with van der Waals surface area (Å²) in [6.45, 7) is 0.455. The lowest BCUT2D eigenvalue weighted by Gasteiger charge is -2.22. The molecule has 4 heteroatoms. The zero-order valence-corrected chi connectivity index (χ0v) is 8.57. The topological polar surface area (TPSA) is 55.8 Å². The molecule has 82 valence electrons. The molecule has 1 N–H and O–H groups in total. The monoisotopic (exact) mass is 202 g/mol. The number of carbonyl (C=O) groups excluding carboxylic acids is 1. The second kappa shape index (κ2) is 5.98. The van der Waals surface area contributed by atoms with Crippen LogP contribution in [0, 0.1) is 5.92 Å². The average molecular weight is 202 g/mol. The molecular formula is C10H18O4. The van der Waals surface area contributed by atoms with Crippen molar-refractivity contribution < 1.29 is 19.4 Å². The fourth-order valence-corrected chi connectivity index (χ4v) is 1.75. The van der Waals surface area contributed by atoms with E-state index in [0.717, 1.165) is 12.8 Å². The van der Waals surface area contributed by atoms with Gasteiger partial charge < -0.3 is 14.6 Å². The van der Waals surface area contributed by atoms with Crippen LogP contribution in [-0.2, 0) is 14.3 Å². The molecule has 1 aliphatic rings. The minimum atomic E-state index is -1.41. The van der Waals surface area contributed by atoms with Crippen molar-refractivity contribution in [2.75, 3.05) is 13.7 Å². The van der Waals surface area contributed by atoms with Crippen molar-refractivity contribution in [3.63, 3.8) is 0 Å². The molecule has 1 atom stereocenters. The van der Waals surface area contributed by atoms with Gasteiger partial charge in [0, 0.05) is 0 Å². The number of aliphatic hydroxyl groups is 1. The molecule has 0 unspecified atom stereocenters. The number of carbonyl (C=O) groups is 1. The summed E-state index contributed by atoms with van der Waals surface area (Å²) in [4.78, 5) is 10.8. The number of ether oxygens (including phenoxy) is 2. The maximum atomic E-state index is 10.8. The Morgan fingerprint density at radius 2 is 2.07 bits per heavy atom.